The third-order valence-corrected chi connectivity index (χ3v) is 6.11. The van der Waals surface area contributed by atoms with Crippen molar-refractivity contribution < 1.29 is 9.59 Å². The Kier molecular flexibility index (Phi) is 8.29. The quantitative estimate of drug-likeness (QED) is 0.328. The lowest BCUT2D eigenvalue weighted by atomic mass is 10.1. The van der Waals surface area contributed by atoms with E-state index in [9.17, 15) is 19.2 Å². The largest absolute Gasteiger partial charge is 0.383 e. The normalized spacial score (nSPS) is 11.2. The molecule has 192 valence electrons. The van der Waals surface area contributed by atoms with Gasteiger partial charge in [0.15, 0.2) is 5.69 Å². The fourth-order valence-electron chi connectivity index (χ4n) is 4.10. The highest BCUT2D eigenvalue weighted by Gasteiger charge is 2.32. The molecule has 10 nitrogen and oxygen atoms in total. The van der Waals surface area contributed by atoms with Crippen LogP contribution in [0.2, 0.25) is 0 Å². The molecular formula is C26H34N6O4. The first-order valence-corrected chi connectivity index (χ1v) is 12.2. The fourth-order valence-corrected chi connectivity index (χ4v) is 4.10. The molecule has 36 heavy (non-hydrogen) atoms. The zero-order chi connectivity index (χ0) is 26.6. The van der Waals surface area contributed by atoms with Crippen LogP contribution in [-0.2, 0) is 11.3 Å². The first-order chi connectivity index (χ1) is 17.1. The Morgan fingerprint density at radius 2 is 1.81 bits per heavy atom. The van der Waals surface area contributed by atoms with Gasteiger partial charge in [0.25, 0.3) is 17.2 Å². The number of nitrogens with one attached hydrogen (secondary N) is 1. The number of nitrogens with two attached hydrogens (primary N) is 1. The summed E-state index contributed by atoms with van der Waals surface area (Å²) in [5, 5.41) is 4.47. The van der Waals surface area contributed by atoms with E-state index in [0.29, 0.717) is 24.2 Å². The summed E-state index contributed by atoms with van der Waals surface area (Å²) in [6.07, 6.45) is 1.98. The standard InChI is InChI=1S/C26H34N6O4/c1-6-7-14-31-23(27)21(24(34)28-26(31)36)30(15-13-16(2)3)25(35)22(33)20-17(4)29-32(18(20)5)19-11-9-8-10-12-19/h8-12,16H,6-7,13-15,27H2,1-5H3,(H,28,34,36). The summed E-state index contributed by atoms with van der Waals surface area (Å²) in [5.41, 5.74) is 6.47. The summed E-state index contributed by atoms with van der Waals surface area (Å²) in [5.74, 6) is -1.63. The number of rotatable bonds is 10. The van der Waals surface area contributed by atoms with Gasteiger partial charge in [-0.3, -0.25) is 28.8 Å². The molecule has 0 unspecified atom stereocenters. The number of aryl methyl sites for hydroxylation is 1. The number of anilines is 2. The minimum Gasteiger partial charge on any atom is -0.383 e. The first-order valence-electron chi connectivity index (χ1n) is 12.2. The van der Waals surface area contributed by atoms with Gasteiger partial charge in [-0.15, -0.1) is 0 Å². The molecule has 2 heterocycles. The molecule has 3 aromatic rings. The Morgan fingerprint density at radius 1 is 1.14 bits per heavy atom. The monoisotopic (exact) mass is 494 g/mol. The van der Waals surface area contributed by atoms with Gasteiger partial charge in [-0.05, 0) is 44.7 Å². The number of hydrogen-bond acceptors (Lipinski definition) is 6. The van der Waals surface area contributed by atoms with Crippen molar-refractivity contribution in [2.75, 3.05) is 17.2 Å². The summed E-state index contributed by atoms with van der Waals surface area (Å²) in [6.45, 7) is 9.66. The lowest BCUT2D eigenvalue weighted by Crippen LogP contribution is -2.44. The minimum atomic E-state index is -0.896. The molecule has 0 bridgehead atoms. The fraction of sp³-hybridized carbons (Fsp3) is 0.423. The Balaban J connectivity index is 2.10. The summed E-state index contributed by atoms with van der Waals surface area (Å²) >= 11 is 0. The number of unbranched alkanes of at least 4 members (excludes halogenated alkanes) is 1. The summed E-state index contributed by atoms with van der Waals surface area (Å²) in [4.78, 5) is 55.9. The molecule has 0 aliphatic heterocycles. The van der Waals surface area contributed by atoms with Crippen molar-refractivity contribution >= 4 is 23.2 Å². The number of H-pyrrole nitrogens is 1. The van der Waals surface area contributed by atoms with E-state index in [1.165, 1.54) is 4.57 Å². The van der Waals surface area contributed by atoms with E-state index in [0.717, 1.165) is 17.0 Å². The van der Waals surface area contributed by atoms with E-state index in [-0.39, 0.29) is 36.1 Å². The van der Waals surface area contributed by atoms with Crippen LogP contribution < -0.4 is 21.9 Å². The van der Waals surface area contributed by atoms with Gasteiger partial charge < -0.3 is 5.73 Å². The third-order valence-electron chi connectivity index (χ3n) is 6.11. The topological polar surface area (TPSA) is 136 Å². The van der Waals surface area contributed by atoms with Crippen LogP contribution in [0, 0.1) is 19.8 Å². The number of ketones is 1. The molecule has 0 spiro atoms. The van der Waals surface area contributed by atoms with Gasteiger partial charge in [0.1, 0.15) is 5.82 Å². The van der Waals surface area contributed by atoms with E-state index in [1.807, 2.05) is 51.1 Å². The maximum atomic E-state index is 13.7. The number of benzene rings is 1. The molecule has 1 aromatic carbocycles. The van der Waals surface area contributed by atoms with E-state index in [1.54, 1.807) is 18.5 Å². The maximum Gasteiger partial charge on any atom is 0.330 e. The molecule has 10 heteroatoms. The van der Waals surface area contributed by atoms with Crippen molar-refractivity contribution in [3.05, 3.63) is 68.1 Å². The number of hydrogen-bond donors (Lipinski definition) is 2. The van der Waals surface area contributed by atoms with Crippen LogP contribution in [0.1, 0.15) is 61.8 Å². The molecular weight excluding hydrogens is 460 g/mol. The Labute approximate surface area is 209 Å². The molecule has 3 rings (SSSR count). The molecule has 0 saturated carbocycles. The average Bonchev–Trinajstić information content (AvgIpc) is 3.14. The summed E-state index contributed by atoms with van der Waals surface area (Å²) in [6, 6.07) is 9.29. The van der Waals surface area contributed by atoms with Gasteiger partial charge in [0.05, 0.1) is 22.6 Å². The van der Waals surface area contributed by atoms with Crippen LogP contribution in [-0.4, -0.2) is 37.6 Å². The van der Waals surface area contributed by atoms with Gasteiger partial charge in [-0.1, -0.05) is 45.4 Å². The highest BCUT2D eigenvalue weighted by molar-refractivity contribution is 6.47. The molecule has 3 N–H and O–H groups in total. The number of aromatic nitrogens is 4. The van der Waals surface area contributed by atoms with Crippen molar-refractivity contribution in [2.45, 2.75) is 60.4 Å². The van der Waals surface area contributed by atoms with Gasteiger partial charge in [-0.25, -0.2) is 9.48 Å². The Morgan fingerprint density at radius 3 is 2.42 bits per heavy atom. The van der Waals surface area contributed by atoms with E-state index >= 15 is 0 Å². The zero-order valence-electron chi connectivity index (χ0n) is 21.5. The molecule has 0 fully saturated rings. The molecule has 2 aromatic heterocycles. The number of aromatic amines is 1. The second kappa shape index (κ2) is 11.2. The second-order valence-corrected chi connectivity index (χ2v) is 9.26. The first kappa shape index (κ1) is 26.7. The number of nitrogen functional groups attached to an aromatic ring is 1. The number of amides is 1. The van der Waals surface area contributed by atoms with Crippen LogP contribution in [0.25, 0.3) is 5.69 Å². The molecule has 1 amide bonds. The SMILES string of the molecule is CCCCn1c(N)c(N(CCC(C)C)C(=O)C(=O)c2c(C)nn(-c3ccccc3)c2C)c(=O)[nH]c1=O. The number of carbonyl (C=O) groups is 2. The predicted molar refractivity (Wildman–Crippen MR) is 140 cm³/mol. The second-order valence-electron chi connectivity index (χ2n) is 9.26. The summed E-state index contributed by atoms with van der Waals surface area (Å²) < 4.78 is 2.85. The average molecular weight is 495 g/mol. The number of para-hydroxylation sites is 1. The van der Waals surface area contributed by atoms with E-state index in [2.05, 4.69) is 10.1 Å². The van der Waals surface area contributed by atoms with Crippen molar-refractivity contribution in [1.29, 1.82) is 0 Å². The molecule has 0 aliphatic rings. The van der Waals surface area contributed by atoms with Gasteiger partial charge in [0.2, 0.25) is 0 Å². The zero-order valence-corrected chi connectivity index (χ0v) is 21.5. The smallest absolute Gasteiger partial charge is 0.330 e. The molecule has 0 saturated heterocycles. The van der Waals surface area contributed by atoms with Crippen LogP contribution in [0.3, 0.4) is 0 Å². The van der Waals surface area contributed by atoms with Crippen molar-refractivity contribution in [3.63, 3.8) is 0 Å². The van der Waals surface area contributed by atoms with Crippen LogP contribution in [0.5, 0.6) is 0 Å². The van der Waals surface area contributed by atoms with E-state index in [4.69, 9.17) is 5.73 Å². The highest BCUT2D eigenvalue weighted by Crippen LogP contribution is 2.23. The van der Waals surface area contributed by atoms with Gasteiger partial charge in [-0.2, -0.15) is 5.10 Å². The third kappa shape index (κ3) is 5.32. The predicted octanol–water partition coefficient (Wildman–Crippen LogP) is 2.98. The lowest BCUT2D eigenvalue weighted by molar-refractivity contribution is -0.114. The van der Waals surface area contributed by atoms with Crippen LogP contribution >= 0.6 is 0 Å². The molecule has 0 aliphatic carbocycles. The lowest BCUT2D eigenvalue weighted by Gasteiger charge is -2.24. The minimum absolute atomic E-state index is 0.0897. The van der Waals surface area contributed by atoms with Gasteiger partial charge >= 0.3 is 5.69 Å². The van der Waals surface area contributed by atoms with Crippen LogP contribution in [0.4, 0.5) is 11.5 Å². The number of carbonyl (C=O) groups excluding carboxylic acids is 2. The van der Waals surface area contributed by atoms with E-state index < -0.39 is 22.9 Å². The molecule has 0 radical (unpaired) electrons. The van der Waals surface area contributed by atoms with Crippen LogP contribution in [0.15, 0.2) is 39.9 Å². The van der Waals surface area contributed by atoms with Crippen molar-refractivity contribution in [2.24, 2.45) is 5.92 Å². The van der Waals surface area contributed by atoms with Crippen molar-refractivity contribution in [1.82, 2.24) is 19.3 Å². The Bertz CT molecular complexity index is 1370. The van der Waals surface area contributed by atoms with Gasteiger partial charge in [0, 0.05) is 13.1 Å². The van der Waals surface area contributed by atoms with Crippen molar-refractivity contribution in [3.8, 4) is 5.69 Å². The Hall–Kier alpha value is -3.95. The highest BCUT2D eigenvalue weighted by atomic mass is 16.2. The maximum absolute atomic E-state index is 13.7. The number of nitrogens with zero attached hydrogens (tertiary/aromatic N) is 4. The molecule has 0 atom stereocenters. The summed E-state index contributed by atoms with van der Waals surface area (Å²) in [7, 11) is 0. The number of Topliss-reactive ketones (excluding diaryl/α,β-unsaturated/α-hetero) is 1.